The minimum atomic E-state index is -0.426. The molecule has 0 unspecified atom stereocenters. The number of fused-ring (bicyclic) bond motifs is 1. The van der Waals surface area contributed by atoms with Gasteiger partial charge >= 0.3 is 0 Å². The van der Waals surface area contributed by atoms with Crippen LogP contribution >= 0.6 is 11.3 Å². The molecule has 0 aliphatic rings. The van der Waals surface area contributed by atoms with Gasteiger partial charge in [-0.2, -0.15) is 5.10 Å². The molecule has 0 spiro atoms. The zero-order chi connectivity index (χ0) is 20.4. The highest BCUT2D eigenvalue weighted by atomic mass is 32.1. The van der Waals surface area contributed by atoms with E-state index < -0.39 is 5.56 Å². The quantitative estimate of drug-likeness (QED) is 0.550. The minimum absolute atomic E-state index is 0.230. The number of carbonyl (C=O) groups excluding carboxylic acids is 1. The summed E-state index contributed by atoms with van der Waals surface area (Å²) in [7, 11) is 0. The average Bonchev–Trinajstić information content (AvgIpc) is 3.12. The van der Waals surface area contributed by atoms with Crippen molar-refractivity contribution in [2.75, 3.05) is 0 Å². The Morgan fingerprint density at radius 2 is 1.86 bits per heavy atom. The number of hydrogen-bond acceptors (Lipinski definition) is 5. The molecule has 6 nitrogen and oxygen atoms in total. The van der Waals surface area contributed by atoms with Crippen LogP contribution in [0.1, 0.15) is 10.6 Å². The van der Waals surface area contributed by atoms with Gasteiger partial charge in [0.25, 0.3) is 5.56 Å². The summed E-state index contributed by atoms with van der Waals surface area (Å²) in [6, 6.07) is 15.3. The summed E-state index contributed by atoms with van der Waals surface area (Å²) in [6.07, 6.45) is 0. The number of benzene rings is 2. The Kier molecular flexibility index (Phi) is 5.18. The van der Waals surface area contributed by atoms with E-state index in [1.807, 2.05) is 30.3 Å². The summed E-state index contributed by atoms with van der Waals surface area (Å²) in [5.41, 5.74) is 1.95. The van der Waals surface area contributed by atoms with Gasteiger partial charge in [-0.1, -0.05) is 30.3 Å². The first-order valence-corrected chi connectivity index (χ1v) is 9.78. The Bertz CT molecular complexity index is 1230. The minimum Gasteiger partial charge on any atom is -0.350 e. The number of aryl methyl sites for hydroxylation is 1. The maximum absolute atomic E-state index is 13.3. The molecule has 0 saturated carbocycles. The number of hydrogen-bond donors (Lipinski definition) is 1. The molecule has 0 bridgehead atoms. The van der Waals surface area contributed by atoms with Crippen LogP contribution in [0, 0.1) is 12.7 Å². The number of nitrogens with zero attached hydrogens (tertiary/aromatic N) is 3. The van der Waals surface area contributed by atoms with Gasteiger partial charge in [-0.15, -0.1) is 11.3 Å². The fourth-order valence-electron chi connectivity index (χ4n) is 2.96. The van der Waals surface area contributed by atoms with E-state index in [1.165, 1.54) is 23.5 Å². The van der Waals surface area contributed by atoms with E-state index in [2.05, 4.69) is 15.4 Å². The third-order valence-electron chi connectivity index (χ3n) is 4.35. The molecule has 4 aromatic rings. The van der Waals surface area contributed by atoms with Crippen LogP contribution in [0.25, 0.3) is 21.5 Å². The summed E-state index contributed by atoms with van der Waals surface area (Å²) in [6.45, 7) is 1.93. The third kappa shape index (κ3) is 4.07. The largest absolute Gasteiger partial charge is 0.350 e. The van der Waals surface area contributed by atoms with E-state index in [9.17, 15) is 14.0 Å². The van der Waals surface area contributed by atoms with Crippen LogP contribution in [0.3, 0.4) is 0 Å². The standard InChI is InChI=1S/C21H17FN4O2S/c1-13-24-19-20(29-13)18(15-7-9-16(22)10-8-15)25-26(21(19)28)12-17(27)23-11-14-5-3-2-4-6-14/h2-10H,11-12H2,1H3,(H,23,27). The first kappa shape index (κ1) is 18.9. The highest BCUT2D eigenvalue weighted by Gasteiger charge is 2.18. The Morgan fingerprint density at radius 3 is 2.59 bits per heavy atom. The van der Waals surface area contributed by atoms with Gasteiger partial charge in [-0.25, -0.2) is 14.1 Å². The lowest BCUT2D eigenvalue weighted by Gasteiger charge is -2.09. The molecule has 8 heteroatoms. The van der Waals surface area contributed by atoms with Crippen molar-refractivity contribution < 1.29 is 9.18 Å². The molecular formula is C21H17FN4O2S. The van der Waals surface area contributed by atoms with Crippen molar-refractivity contribution in [1.82, 2.24) is 20.1 Å². The van der Waals surface area contributed by atoms with Crippen molar-refractivity contribution in [2.45, 2.75) is 20.0 Å². The fourth-order valence-corrected chi connectivity index (χ4v) is 3.88. The van der Waals surface area contributed by atoms with Crippen molar-refractivity contribution in [1.29, 1.82) is 0 Å². The van der Waals surface area contributed by atoms with E-state index in [1.54, 1.807) is 19.1 Å². The molecule has 146 valence electrons. The molecular weight excluding hydrogens is 391 g/mol. The van der Waals surface area contributed by atoms with Crippen LogP contribution < -0.4 is 10.9 Å². The van der Waals surface area contributed by atoms with E-state index in [4.69, 9.17) is 0 Å². The molecule has 2 aromatic carbocycles. The molecule has 0 fully saturated rings. The summed E-state index contributed by atoms with van der Waals surface area (Å²) in [5.74, 6) is -0.695. The number of rotatable bonds is 5. The maximum atomic E-state index is 13.3. The first-order valence-electron chi connectivity index (χ1n) is 8.96. The van der Waals surface area contributed by atoms with Crippen molar-refractivity contribution >= 4 is 27.5 Å². The van der Waals surface area contributed by atoms with Gasteiger partial charge in [-0.3, -0.25) is 9.59 Å². The maximum Gasteiger partial charge on any atom is 0.294 e. The van der Waals surface area contributed by atoms with Crippen molar-refractivity contribution in [3.05, 3.63) is 81.3 Å². The van der Waals surface area contributed by atoms with Crippen LogP contribution in [0.15, 0.2) is 59.4 Å². The molecule has 29 heavy (non-hydrogen) atoms. The molecule has 2 aromatic heterocycles. The summed E-state index contributed by atoms with van der Waals surface area (Å²) >= 11 is 1.35. The smallest absolute Gasteiger partial charge is 0.294 e. The van der Waals surface area contributed by atoms with Crippen LogP contribution in [0.4, 0.5) is 4.39 Å². The van der Waals surface area contributed by atoms with Crippen LogP contribution in [-0.2, 0) is 17.9 Å². The lowest BCUT2D eigenvalue weighted by molar-refractivity contribution is -0.122. The lowest BCUT2D eigenvalue weighted by atomic mass is 10.1. The molecule has 1 N–H and O–H groups in total. The van der Waals surface area contributed by atoms with E-state index >= 15 is 0 Å². The average molecular weight is 408 g/mol. The second-order valence-corrected chi connectivity index (χ2v) is 7.69. The molecule has 2 heterocycles. The molecule has 1 amide bonds. The predicted molar refractivity (Wildman–Crippen MR) is 110 cm³/mol. The molecule has 0 aliphatic heterocycles. The fraction of sp³-hybridized carbons (Fsp3) is 0.143. The van der Waals surface area contributed by atoms with Crippen LogP contribution in [-0.4, -0.2) is 20.7 Å². The van der Waals surface area contributed by atoms with Crippen molar-refractivity contribution in [2.24, 2.45) is 0 Å². The highest BCUT2D eigenvalue weighted by molar-refractivity contribution is 7.19. The zero-order valence-corrected chi connectivity index (χ0v) is 16.4. The molecule has 4 rings (SSSR count). The number of carbonyl (C=O) groups is 1. The summed E-state index contributed by atoms with van der Waals surface area (Å²) in [4.78, 5) is 29.5. The summed E-state index contributed by atoms with van der Waals surface area (Å²) in [5, 5.41) is 7.90. The van der Waals surface area contributed by atoms with E-state index in [0.717, 1.165) is 10.2 Å². The van der Waals surface area contributed by atoms with Crippen molar-refractivity contribution in [3.63, 3.8) is 0 Å². The highest BCUT2D eigenvalue weighted by Crippen LogP contribution is 2.29. The normalized spacial score (nSPS) is 11.0. The van der Waals surface area contributed by atoms with Gasteiger partial charge in [0.05, 0.1) is 9.71 Å². The van der Waals surface area contributed by atoms with Gasteiger partial charge in [0.1, 0.15) is 18.1 Å². The molecule has 0 atom stereocenters. The number of nitrogens with one attached hydrogen (secondary N) is 1. The second kappa shape index (κ2) is 7.92. The third-order valence-corrected chi connectivity index (χ3v) is 5.33. The Morgan fingerprint density at radius 1 is 1.14 bits per heavy atom. The topological polar surface area (TPSA) is 76.9 Å². The lowest BCUT2D eigenvalue weighted by Crippen LogP contribution is -2.33. The van der Waals surface area contributed by atoms with Crippen LogP contribution in [0.2, 0.25) is 0 Å². The number of thiazole rings is 1. The van der Waals surface area contributed by atoms with Gasteiger partial charge in [-0.05, 0) is 36.8 Å². The Labute approximate surface area is 169 Å². The molecule has 0 saturated heterocycles. The van der Waals surface area contributed by atoms with E-state index in [0.29, 0.717) is 27.5 Å². The van der Waals surface area contributed by atoms with Gasteiger partial charge in [0.2, 0.25) is 5.91 Å². The van der Waals surface area contributed by atoms with Gasteiger partial charge in [0, 0.05) is 12.1 Å². The van der Waals surface area contributed by atoms with Crippen molar-refractivity contribution in [3.8, 4) is 11.3 Å². The number of amides is 1. The summed E-state index contributed by atoms with van der Waals surface area (Å²) < 4.78 is 15.1. The molecule has 0 radical (unpaired) electrons. The zero-order valence-electron chi connectivity index (χ0n) is 15.6. The SMILES string of the molecule is Cc1nc2c(=O)n(CC(=O)NCc3ccccc3)nc(-c3ccc(F)cc3)c2s1. The Balaban J connectivity index is 1.67. The number of halogens is 1. The van der Waals surface area contributed by atoms with E-state index in [-0.39, 0.29) is 23.8 Å². The van der Waals surface area contributed by atoms with Gasteiger partial charge in [0.15, 0.2) is 5.52 Å². The Hall–Kier alpha value is -3.39. The van der Waals surface area contributed by atoms with Gasteiger partial charge < -0.3 is 5.32 Å². The predicted octanol–water partition coefficient (Wildman–Crippen LogP) is 3.28. The second-order valence-electron chi connectivity index (χ2n) is 6.49. The molecule has 0 aliphatic carbocycles. The first-order chi connectivity index (χ1) is 14.0. The monoisotopic (exact) mass is 408 g/mol. The van der Waals surface area contributed by atoms with Crippen LogP contribution in [0.5, 0.6) is 0 Å². The number of aromatic nitrogens is 3.